The average Bonchev–Trinajstić information content (AvgIpc) is 3.17. The molecule has 2 N–H and O–H groups in total. The second-order valence-corrected chi connectivity index (χ2v) is 13.6. The van der Waals surface area contributed by atoms with Gasteiger partial charge in [-0.15, -0.1) is 0 Å². The minimum absolute atomic E-state index is 0.00555. The SMILES string of the molecule is CCOC(=O)CC/C(=N\OCC(N)=O)c1nc2ccccc2n([C@@H](C)C[C@@H]2CCC[C@H](C)N2C2CC3CCCCC(C3)C2)c1=O. The Labute approximate surface area is 266 Å². The van der Waals surface area contributed by atoms with Gasteiger partial charge in [0.25, 0.3) is 11.5 Å². The number of para-hydroxylation sites is 2. The van der Waals surface area contributed by atoms with E-state index < -0.39 is 18.5 Å². The van der Waals surface area contributed by atoms with Gasteiger partial charge in [-0.05, 0) is 83.3 Å². The molecule has 5 atom stereocenters. The zero-order valence-corrected chi connectivity index (χ0v) is 27.3. The third-order valence-corrected chi connectivity index (χ3v) is 10.2. The highest BCUT2D eigenvalue weighted by molar-refractivity contribution is 6.00. The lowest BCUT2D eigenvalue weighted by atomic mass is 9.75. The van der Waals surface area contributed by atoms with Crippen molar-refractivity contribution >= 4 is 28.6 Å². The van der Waals surface area contributed by atoms with E-state index in [1.54, 1.807) is 6.92 Å². The second-order valence-electron chi connectivity index (χ2n) is 13.6. The molecule has 1 amide bonds. The van der Waals surface area contributed by atoms with Crippen molar-refractivity contribution in [3.05, 3.63) is 40.3 Å². The van der Waals surface area contributed by atoms with Crippen LogP contribution in [0.5, 0.6) is 0 Å². The Kier molecular flexibility index (Phi) is 11.3. The topological polar surface area (TPSA) is 129 Å². The molecule has 2 aliphatic carbocycles. The summed E-state index contributed by atoms with van der Waals surface area (Å²) in [5.74, 6) is 0.594. The van der Waals surface area contributed by atoms with Crippen LogP contribution in [-0.2, 0) is 19.2 Å². The Hall–Kier alpha value is -3.27. The molecule has 5 rings (SSSR count). The van der Waals surface area contributed by atoms with Gasteiger partial charge in [-0.25, -0.2) is 4.98 Å². The molecule has 2 aromatic rings. The van der Waals surface area contributed by atoms with E-state index in [0.717, 1.165) is 30.2 Å². The van der Waals surface area contributed by atoms with Crippen molar-refractivity contribution in [1.82, 2.24) is 14.5 Å². The van der Waals surface area contributed by atoms with Crippen LogP contribution in [0.25, 0.3) is 11.0 Å². The van der Waals surface area contributed by atoms with Crippen molar-refractivity contribution in [1.29, 1.82) is 0 Å². The van der Waals surface area contributed by atoms with E-state index in [1.165, 1.54) is 57.8 Å². The van der Waals surface area contributed by atoms with Gasteiger partial charge in [-0.3, -0.25) is 19.3 Å². The van der Waals surface area contributed by atoms with Crippen molar-refractivity contribution in [2.24, 2.45) is 22.7 Å². The van der Waals surface area contributed by atoms with Crippen LogP contribution >= 0.6 is 0 Å². The zero-order chi connectivity index (χ0) is 31.9. The number of hydrogen-bond donors (Lipinski definition) is 1. The number of esters is 1. The highest BCUT2D eigenvalue weighted by Gasteiger charge is 2.40. The first kappa shape index (κ1) is 33.1. The van der Waals surface area contributed by atoms with Crippen LogP contribution in [0.1, 0.15) is 116 Å². The van der Waals surface area contributed by atoms with E-state index in [0.29, 0.717) is 23.6 Å². The first-order valence-corrected chi connectivity index (χ1v) is 17.2. The van der Waals surface area contributed by atoms with Gasteiger partial charge in [-0.1, -0.05) is 49.4 Å². The summed E-state index contributed by atoms with van der Waals surface area (Å²) in [5.41, 5.74) is 6.69. The van der Waals surface area contributed by atoms with Crippen molar-refractivity contribution in [3.8, 4) is 0 Å². The number of hydrogen-bond acceptors (Lipinski definition) is 8. The maximum Gasteiger partial charge on any atom is 0.306 e. The molecule has 3 aliphatic rings. The molecule has 1 aromatic carbocycles. The number of benzene rings is 1. The quantitative estimate of drug-likeness (QED) is 0.188. The average molecular weight is 622 g/mol. The van der Waals surface area contributed by atoms with Crippen LogP contribution < -0.4 is 11.3 Å². The number of nitrogens with zero attached hydrogens (tertiary/aromatic N) is 4. The molecule has 0 radical (unpaired) electrons. The molecule has 45 heavy (non-hydrogen) atoms. The van der Waals surface area contributed by atoms with E-state index in [-0.39, 0.29) is 42.5 Å². The normalized spacial score (nSPS) is 26.6. The van der Waals surface area contributed by atoms with Crippen LogP contribution in [0.4, 0.5) is 0 Å². The predicted molar refractivity (Wildman–Crippen MR) is 175 cm³/mol. The Balaban J connectivity index is 1.46. The molecule has 1 aliphatic heterocycles. The Morgan fingerprint density at radius 2 is 1.78 bits per heavy atom. The molecule has 2 unspecified atom stereocenters. The summed E-state index contributed by atoms with van der Waals surface area (Å²) in [6, 6.07) is 9.08. The van der Waals surface area contributed by atoms with Crippen LogP contribution in [0.2, 0.25) is 0 Å². The standard InChI is InChI=1S/C35H51N5O5/c1-4-44-33(42)17-16-30(38-45-22-32(36)41)34-35(43)40(31-15-8-7-14-29(31)37-34)24(3)18-27-13-9-10-23(2)39(27)28-20-25-11-5-6-12-26(19-25)21-28/h7-8,14-15,23-28H,4-6,9-13,16-22H2,1-3H3,(H2,36,41)/b38-30+/t23-,24-,25?,26?,27-,28?/m0/s1. The van der Waals surface area contributed by atoms with Crippen molar-refractivity contribution in [3.63, 3.8) is 0 Å². The number of amides is 1. The number of ether oxygens (including phenoxy) is 1. The fraction of sp³-hybridized carbons (Fsp3) is 0.686. The molecule has 246 valence electrons. The number of oxime groups is 1. The van der Waals surface area contributed by atoms with Gasteiger partial charge in [0, 0.05) is 30.6 Å². The van der Waals surface area contributed by atoms with Crippen molar-refractivity contribution in [2.75, 3.05) is 13.2 Å². The smallest absolute Gasteiger partial charge is 0.306 e. The molecule has 1 saturated heterocycles. The first-order chi connectivity index (χ1) is 21.7. The lowest BCUT2D eigenvalue weighted by molar-refractivity contribution is -0.142. The van der Waals surface area contributed by atoms with Crippen LogP contribution in [0.3, 0.4) is 0 Å². The number of carbonyl (C=O) groups is 2. The van der Waals surface area contributed by atoms with Crippen molar-refractivity contribution < 1.29 is 19.2 Å². The van der Waals surface area contributed by atoms with E-state index in [2.05, 4.69) is 23.9 Å². The molecule has 2 saturated carbocycles. The molecule has 10 heteroatoms. The largest absolute Gasteiger partial charge is 0.466 e. The van der Waals surface area contributed by atoms with Gasteiger partial charge in [0.2, 0.25) is 0 Å². The number of likely N-dealkylation sites (tertiary alicyclic amines) is 1. The molecular formula is C35H51N5O5. The summed E-state index contributed by atoms with van der Waals surface area (Å²) >= 11 is 0. The van der Waals surface area contributed by atoms with Gasteiger partial charge < -0.3 is 19.9 Å². The van der Waals surface area contributed by atoms with E-state index in [4.69, 9.17) is 20.3 Å². The number of rotatable bonds is 12. The molecule has 10 nitrogen and oxygen atoms in total. The minimum Gasteiger partial charge on any atom is -0.466 e. The maximum absolute atomic E-state index is 14.3. The van der Waals surface area contributed by atoms with E-state index in [1.807, 2.05) is 28.8 Å². The van der Waals surface area contributed by atoms with Crippen LogP contribution in [0.15, 0.2) is 34.2 Å². The zero-order valence-electron chi connectivity index (χ0n) is 27.3. The van der Waals surface area contributed by atoms with Gasteiger partial charge in [0.05, 0.1) is 24.1 Å². The summed E-state index contributed by atoms with van der Waals surface area (Å²) in [7, 11) is 0. The first-order valence-electron chi connectivity index (χ1n) is 17.2. The van der Waals surface area contributed by atoms with Gasteiger partial charge in [0.15, 0.2) is 12.3 Å². The molecule has 0 spiro atoms. The number of primary amides is 1. The number of fused-ring (bicyclic) bond motifs is 3. The summed E-state index contributed by atoms with van der Waals surface area (Å²) in [4.78, 5) is 50.7. The second kappa shape index (κ2) is 15.3. The van der Waals surface area contributed by atoms with Crippen LogP contribution in [0, 0.1) is 11.8 Å². The predicted octanol–water partition coefficient (Wildman–Crippen LogP) is 5.50. The Morgan fingerprint density at radius 1 is 1.04 bits per heavy atom. The van der Waals surface area contributed by atoms with Crippen LogP contribution in [-0.4, -0.2) is 63.4 Å². The molecule has 2 heterocycles. The Bertz CT molecular complexity index is 1410. The summed E-state index contributed by atoms with van der Waals surface area (Å²) in [6.07, 6.45) is 14.0. The third kappa shape index (κ3) is 8.12. The lowest BCUT2D eigenvalue weighted by Crippen LogP contribution is -2.53. The van der Waals surface area contributed by atoms with Crippen molar-refractivity contribution in [2.45, 2.75) is 128 Å². The summed E-state index contributed by atoms with van der Waals surface area (Å²) < 4.78 is 6.95. The van der Waals surface area contributed by atoms with Gasteiger partial charge in [-0.2, -0.15) is 0 Å². The lowest BCUT2D eigenvalue weighted by Gasteiger charge is -2.50. The molecule has 2 bridgehead atoms. The number of carbonyl (C=O) groups excluding carboxylic acids is 2. The number of aromatic nitrogens is 2. The minimum atomic E-state index is -0.690. The summed E-state index contributed by atoms with van der Waals surface area (Å²) in [5, 5.41) is 4.09. The Morgan fingerprint density at radius 3 is 2.49 bits per heavy atom. The fourth-order valence-corrected chi connectivity index (χ4v) is 8.43. The number of nitrogens with two attached hydrogens (primary N) is 1. The highest BCUT2D eigenvalue weighted by atomic mass is 16.6. The molecule has 1 aromatic heterocycles. The van der Waals surface area contributed by atoms with E-state index in [9.17, 15) is 14.4 Å². The van der Waals surface area contributed by atoms with Gasteiger partial charge in [0.1, 0.15) is 5.71 Å². The summed E-state index contributed by atoms with van der Waals surface area (Å²) in [6.45, 7) is 6.08. The fourth-order valence-electron chi connectivity index (χ4n) is 8.43. The number of piperidine rings is 1. The van der Waals surface area contributed by atoms with E-state index >= 15 is 0 Å². The highest BCUT2D eigenvalue weighted by Crippen LogP contribution is 2.43. The monoisotopic (exact) mass is 621 g/mol. The molecular weight excluding hydrogens is 570 g/mol. The maximum atomic E-state index is 14.3. The van der Waals surface area contributed by atoms with Gasteiger partial charge >= 0.3 is 5.97 Å². The third-order valence-electron chi connectivity index (χ3n) is 10.2. The molecule has 3 fully saturated rings.